The van der Waals surface area contributed by atoms with Crippen LogP contribution in [0.1, 0.15) is 64.2 Å². The quantitative estimate of drug-likeness (QED) is 0.649. The van der Waals surface area contributed by atoms with Crippen LogP contribution >= 0.6 is 0 Å². The SMILES string of the molecule is O=C(C=CC1CCCCC1)C1CCCCC1. The van der Waals surface area contributed by atoms with Gasteiger partial charge in [-0.25, -0.2) is 0 Å². The van der Waals surface area contributed by atoms with Crippen molar-refractivity contribution in [3.05, 3.63) is 12.2 Å². The fourth-order valence-corrected chi connectivity index (χ4v) is 3.08. The average molecular weight is 220 g/mol. The Morgan fingerprint density at radius 2 is 1.38 bits per heavy atom. The van der Waals surface area contributed by atoms with E-state index in [9.17, 15) is 4.79 Å². The molecular formula is C15H24O. The molecule has 0 radical (unpaired) electrons. The number of hydrogen-bond donors (Lipinski definition) is 0. The van der Waals surface area contributed by atoms with Crippen molar-refractivity contribution in [2.45, 2.75) is 64.2 Å². The highest BCUT2D eigenvalue weighted by molar-refractivity contribution is 5.91. The lowest BCUT2D eigenvalue weighted by Crippen LogP contribution is -2.16. The molecule has 0 heterocycles. The minimum absolute atomic E-state index is 0.355. The van der Waals surface area contributed by atoms with E-state index in [0.29, 0.717) is 17.6 Å². The first-order chi connectivity index (χ1) is 7.86. The van der Waals surface area contributed by atoms with E-state index in [1.807, 2.05) is 6.08 Å². The number of allylic oxidation sites excluding steroid dienone is 2. The van der Waals surface area contributed by atoms with Crippen LogP contribution in [0.3, 0.4) is 0 Å². The normalized spacial score (nSPS) is 25.0. The number of rotatable bonds is 3. The van der Waals surface area contributed by atoms with E-state index in [1.54, 1.807) is 0 Å². The molecule has 0 unspecified atom stereocenters. The Morgan fingerprint density at radius 3 is 2.00 bits per heavy atom. The first-order valence-corrected chi connectivity index (χ1v) is 7.08. The molecule has 0 amide bonds. The summed E-state index contributed by atoms with van der Waals surface area (Å²) in [6.45, 7) is 0. The molecule has 0 aliphatic heterocycles. The molecular weight excluding hydrogens is 196 g/mol. The molecule has 0 saturated heterocycles. The van der Waals surface area contributed by atoms with Crippen LogP contribution in [0.5, 0.6) is 0 Å². The number of hydrogen-bond acceptors (Lipinski definition) is 1. The number of carbonyl (C=O) groups is 1. The molecule has 2 rings (SSSR count). The zero-order valence-electron chi connectivity index (χ0n) is 10.3. The van der Waals surface area contributed by atoms with Gasteiger partial charge in [0, 0.05) is 5.92 Å². The minimum atomic E-state index is 0.355. The van der Waals surface area contributed by atoms with E-state index in [2.05, 4.69) is 6.08 Å². The van der Waals surface area contributed by atoms with Gasteiger partial charge in [-0.1, -0.05) is 44.6 Å². The van der Waals surface area contributed by atoms with Crippen molar-refractivity contribution in [1.29, 1.82) is 0 Å². The van der Waals surface area contributed by atoms with Gasteiger partial charge in [0.25, 0.3) is 0 Å². The third-order valence-electron chi connectivity index (χ3n) is 4.19. The van der Waals surface area contributed by atoms with Crippen LogP contribution in [0.15, 0.2) is 12.2 Å². The van der Waals surface area contributed by atoms with E-state index < -0.39 is 0 Å². The molecule has 0 aromatic heterocycles. The minimum Gasteiger partial charge on any atom is -0.295 e. The molecule has 0 aromatic carbocycles. The van der Waals surface area contributed by atoms with Crippen molar-refractivity contribution >= 4 is 5.78 Å². The first kappa shape index (κ1) is 11.9. The summed E-state index contributed by atoms with van der Waals surface area (Å²) in [6.07, 6.45) is 16.9. The topological polar surface area (TPSA) is 17.1 Å². The predicted octanol–water partition coefficient (Wildman–Crippen LogP) is 4.27. The van der Waals surface area contributed by atoms with Crippen molar-refractivity contribution in [1.82, 2.24) is 0 Å². The molecule has 2 saturated carbocycles. The summed E-state index contributed by atoms with van der Waals surface area (Å²) >= 11 is 0. The smallest absolute Gasteiger partial charge is 0.158 e. The fourth-order valence-electron chi connectivity index (χ4n) is 3.08. The van der Waals surface area contributed by atoms with Gasteiger partial charge in [-0.3, -0.25) is 4.79 Å². The lowest BCUT2D eigenvalue weighted by Gasteiger charge is -2.20. The van der Waals surface area contributed by atoms with Crippen molar-refractivity contribution in [2.75, 3.05) is 0 Å². The van der Waals surface area contributed by atoms with E-state index in [-0.39, 0.29) is 0 Å². The van der Waals surface area contributed by atoms with Gasteiger partial charge in [0.2, 0.25) is 0 Å². The molecule has 1 heteroatoms. The van der Waals surface area contributed by atoms with Crippen LogP contribution in [0.25, 0.3) is 0 Å². The lowest BCUT2D eigenvalue weighted by atomic mass is 9.84. The highest BCUT2D eigenvalue weighted by Crippen LogP contribution is 2.27. The van der Waals surface area contributed by atoms with Gasteiger partial charge in [0.15, 0.2) is 5.78 Å². The predicted molar refractivity (Wildman–Crippen MR) is 67.3 cm³/mol. The van der Waals surface area contributed by atoms with Crippen LogP contribution < -0.4 is 0 Å². The maximum Gasteiger partial charge on any atom is 0.158 e. The summed E-state index contributed by atoms with van der Waals surface area (Å²) in [4.78, 5) is 12.0. The first-order valence-electron chi connectivity index (χ1n) is 7.08. The van der Waals surface area contributed by atoms with Crippen LogP contribution in [0, 0.1) is 11.8 Å². The molecule has 90 valence electrons. The molecule has 0 N–H and O–H groups in total. The largest absolute Gasteiger partial charge is 0.295 e. The van der Waals surface area contributed by atoms with E-state index in [1.165, 1.54) is 51.4 Å². The maximum absolute atomic E-state index is 12.0. The monoisotopic (exact) mass is 220 g/mol. The van der Waals surface area contributed by atoms with Crippen molar-refractivity contribution in [2.24, 2.45) is 11.8 Å². The third kappa shape index (κ3) is 3.47. The third-order valence-corrected chi connectivity index (χ3v) is 4.19. The van der Waals surface area contributed by atoms with Gasteiger partial charge < -0.3 is 0 Å². The Bertz CT molecular complexity index is 242. The molecule has 2 aliphatic rings. The van der Waals surface area contributed by atoms with Crippen molar-refractivity contribution < 1.29 is 4.79 Å². The highest BCUT2D eigenvalue weighted by atomic mass is 16.1. The lowest BCUT2D eigenvalue weighted by molar-refractivity contribution is -0.119. The van der Waals surface area contributed by atoms with Gasteiger partial charge in [0.1, 0.15) is 0 Å². The van der Waals surface area contributed by atoms with Crippen LogP contribution in [0.4, 0.5) is 0 Å². The molecule has 16 heavy (non-hydrogen) atoms. The number of carbonyl (C=O) groups excluding carboxylic acids is 1. The molecule has 0 bridgehead atoms. The summed E-state index contributed by atoms with van der Waals surface area (Å²) in [5.74, 6) is 1.46. The Labute approximate surface area is 99.3 Å². The fraction of sp³-hybridized carbons (Fsp3) is 0.800. The van der Waals surface area contributed by atoms with Crippen molar-refractivity contribution in [3.8, 4) is 0 Å². The molecule has 2 aliphatic carbocycles. The van der Waals surface area contributed by atoms with Gasteiger partial charge in [-0.15, -0.1) is 0 Å². The molecule has 0 spiro atoms. The van der Waals surface area contributed by atoms with Crippen LogP contribution in [-0.4, -0.2) is 5.78 Å². The van der Waals surface area contributed by atoms with E-state index in [4.69, 9.17) is 0 Å². The van der Waals surface area contributed by atoms with Crippen molar-refractivity contribution in [3.63, 3.8) is 0 Å². The maximum atomic E-state index is 12.0. The molecule has 0 atom stereocenters. The summed E-state index contributed by atoms with van der Waals surface area (Å²) in [6, 6.07) is 0. The van der Waals surface area contributed by atoms with Crippen LogP contribution in [-0.2, 0) is 4.79 Å². The Kier molecular flexibility index (Phi) is 4.62. The molecule has 1 nitrogen and oxygen atoms in total. The molecule has 0 aromatic rings. The molecule has 2 fully saturated rings. The Hall–Kier alpha value is -0.590. The Balaban J connectivity index is 1.78. The summed E-state index contributed by atoms with van der Waals surface area (Å²) in [5, 5.41) is 0. The summed E-state index contributed by atoms with van der Waals surface area (Å²) in [7, 11) is 0. The average Bonchev–Trinajstić information content (AvgIpc) is 2.38. The Morgan fingerprint density at radius 1 is 0.812 bits per heavy atom. The zero-order valence-corrected chi connectivity index (χ0v) is 10.3. The second kappa shape index (κ2) is 6.22. The van der Waals surface area contributed by atoms with Crippen LogP contribution in [0.2, 0.25) is 0 Å². The zero-order chi connectivity index (χ0) is 11.2. The summed E-state index contributed by atoms with van der Waals surface area (Å²) in [5.41, 5.74) is 0. The second-order valence-corrected chi connectivity index (χ2v) is 5.49. The van der Waals surface area contributed by atoms with Gasteiger partial charge in [-0.05, 0) is 37.7 Å². The highest BCUT2D eigenvalue weighted by Gasteiger charge is 2.19. The second-order valence-electron chi connectivity index (χ2n) is 5.49. The number of ketones is 1. The van der Waals surface area contributed by atoms with Gasteiger partial charge in [0.05, 0.1) is 0 Å². The van der Waals surface area contributed by atoms with E-state index in [0.717, 1.165) is 12.8 Å². The summed E-state index contributed by atoms with van der Waals surface area (Å²) < 4.78 is 0. The standard InChI is InChI=1S/C15H24O/c16-15(14-9-5-2-6-10-14)12-11-13-7-3-1-4-8-13/h11-14H,1-10H2. The van der Waals surface area contributed by atoms with Gasteiger partial charge in [-0.2, -0.15) is 0 Å². The van der Waals surface area contributed by atoms with Gasteiger partial charge >= 0.3 is 0 Å². The van der Waals surface area contributed by atoms with E-state index >= 15 is 0 Å².